The summed E-state index contributed by atoms with van der Waals surface area (Å²) in [6.07, 6.45) is 3.63. The molecule has 0 unspecified atom stereocenters. The largest absolute Gasteiger partial charge is 0.411 e. The second-order valence-electron chi connectivity index (χ2n) is 4.35. The van der Waals surface area contributed by atoms with E-state index in [1.54, 1.807) is 6.20 Å². The second-order valence-corrected chi connectivity index (χ2v) is 5.10. The molecule has 1 N–H and O–H groups in total. The zero-order chi connectivity index (χ0) is 14.5. The van der Waals surface area contributed by atoms with E-state index in [1.807, 2.05) is 36.6 Å². The van der Waals surface area contributed by atoms with Gasteiger partial charge in [0.05, 0.1) is 0 Å². The fourth-order valence-electron chi connectivity index (χ4n) is 1.86. The molecule has 1 aromatic carbocycles. The number of nitrogens with zero attached hydrogens (tertiary/aromatic N) is 3. The first-order valence-corrected chi connectivity index (χ1v) is 7.69. The Balaban J connectivity index is 1.74. The Morgan fingerprint density at radius 3 is 2.76 bits per heavy atom. The predicted octanol–water partition coefficient (Wildman–Crippen LogP) is 3.47. The molecule has 0 saturated carbocycles. The molecule has 6 heteroatoms. The van der Waals surface area contributed by atoms with Gasteiger partial charge in [0, 0.05) is 18.3 Å². The highest BCUT2D eigenvalue weighted by atomic mass is 32.2. The van der Waals surface area contributed by atoms with Crippen LogP contribution in [0.2, 0.25) is 0 Å². The lowest BCUT2D eigenvalue weighted by molar-refractivity contribution is 0.466. The van der Waals surface area contributed by atoms with Crippen molar-refractivity contribution >= 4 is 17.6 Å². The molecule has 0 atom stereocenters. The maximum Gasteiger partial charge on any atom is 0.276 e. The normalized spacial score (nSPS) is 10.5. The maximum atomic E-state index is 5.52. The third-order valence-electron chi connectivity index (χ3n) is 2.90. The van der Waals surface area contributed by atoms with Crippen LogP contribution in [-0.2, 0) is 6.54 Å². The predicted molar refractivity (Wildman–Crippen MR) is 83.1 cm³/mol. The standard InChI is InChI=1S/C15H14N4OS/c1-21-15-19-18-14(20-15)12-7-8-16-13(9-12)17-10-11-5-3-2-4-6-11/h2-9H,10H2,1H3,(H,16,17). The van der Waals surface area contributed by atoms with Crippen LogP contribution in [0.25, 0.3) is 11.5 Å². The van der Waals surface area contributed by atoms with Gasteiger partial charge in [-0.1, -0.05) is 42.1 Å². The van der Waals surface area contributed by atoms with Gasteiger partial charge in [0.2, 0.25) is 5.89 Å². The number of benzene rings is 1. The highest BCUT2D eigenvalue weighted by Crippen LogP contribution is 2.23. The van der Waals surface area contributed by atoms with Crippen molar-refractivity contribution in [3.8, 4) is 11.5 Å². The first kappa shape index (κ1) is 13.6. The Bertz CT molecular complexity index is 714. The lowest BCUT2D eigenvalue weighted by Gasteiger charge is -2.06. The van der Waals surface area contributed by atoms with Gasteiger partial charge in [-0.25, -0.2) is 4.98 Å². The van der Waals surface area contributed by atoms with E-state index in [2.05, 4.69) is 32.6 Å². The van der Waals surface area contributed by atoms with Crippen LogP contribution in [0.5, 0.6) is 0 Å². The molecule has 2 aromatic heterocycles. The van der Waals surface area contributed by atoms with E-state index in [0.29, 0.717) is 11.1 Å². The molecule has 106 valence electrons. The number of thioether (sulfide) groups is 1. The summed E-state index contributed by atoms with van der Waals surface area (Å²) in [6.45, 7) is 0.719. The van der Waals surface area contributed by atoms with Crippen LogP contribution in [0.3, 0.4) is 0 Å². The van der Waals surface area contributed by atoms with Gasteiger partial charge in [-0.05, 0) is 24.0 Å². The number of nitrogens with one attached hydrogen (secondary N) is 1. The van der Waals surface area contributed by atoms with Crippen molar-refractivity contribution in [2.75, 3.05) is 11.6 Å². The summed E-state index contributed by atoms with van der Waals surface area (Å²) in [7, 11) is 0. The van der Waals surface area contributed by atoms with Gasteiger partial charge >= 0.3 is 0 Å². The molecule has 3 rings (SSSR count). The van der Waals surface area contributed by atoms with Gasteiger partial charge in [-0.3, -0.25) is 0 Å². The quantitative estimate of drug-likeness (QED) is 0.728. The van der Waals surface area contributed by atoms with Crippen molar-refractivity contribution in [3.63, 3.8) is 0 Å². The number of anilines is 1. The molecule has 0 amide bonds. The van der Waals surface area contributed by atoms with E-state index >= 15 is 0 Å². The first-order valence-electron chi connectivity index (χ1n) is 6.47. The third-order valence-corrected chi connectivity index (χ3v) is 3.42. The van der Waals surface area contributed by atoms with Crippen LogP contribution in [-0.4, -0.2) is 21.4 Å². The molecule has 0 radical (unpaired) electrons. The summed E-state index contributed by atoms with van der Waals surface area (Å²) in [5.74, 6) is 1.28. The van der Waals surface area contributed by atoms with Crippen LogP contribution in [0.1, 0.15) is 5.56 Å². The molecule has 5 nitrogen and oxygen atoms in total. The van der Waals surface area contributed by atoms with Crippen LogP contribution < -0.4 is 5.32 Å². The molecule has 0 saturated heterocycles. The Hall–Kier alpha value is -2.34. The second kappa shape index (κ2) is 6.41. The molecule has 2 heterocycles. The van der Waals surface area contributed by atoms with Gasteiger partial charge in [-0.15, -0.1) is 10.2 Å². The summed E-state index contributed by atoms with van der Waals surface area (Å²) in [5.41, 5.74) is 2.06. The average molecular weight is 298 g/mol. The fourth-order valence-corrected chi connectivity index (χ4v) is 2.14. The molecule has 0 bridgehead atoms. The molecular weight excluding hydrogens is 284 g/mol. The van der Waals surface area contributed by atoms with E-state index in [1.165, 1.54) is 17.3 Å². The minimum Gasteiger partial charge on any atom is -0.411 e. The van der Waals surface area contributed by atoms with Gasteiger partial charge in [-0.2, -0.15) is 0 Å². The molecule has 0 aliphatic heterocycles. The topological polar surface area (TPSA) is 63.8 Å². The van der Waals surface area contributed by atoms with E-state index in [0.717, 1.165) is 17.9 Å². The van der Waals surface area contributed by atoms with Crippen molar-refractivity contribution in [2.45, 2.75) is 11.8 Å². The molecule has 21 heavy (non-hydrogen) atoms. The lowest BCUT2D eigenvalue weighted by Crippen LogP contribution is -2.01. The summed E-state index contributed by atoms with van der Waals surface area (Å²) in [6, 6.07) is 13.9. The minimum absolute atomic E-state index is 0.504. The molecule has 0 fully saturated rings. The number of hydrogen-bond donors (Lipinski definition) is 1. The zero-order valence-corrected chi connectivity index (χ0v) is 12.3. The molecule has 0 spiro atoms. The van der Waals surface area contributed by atoms with Crippen molar-refractivity contribution in [3.05, 3.63) is 54.2 Å². The van der Waals surface area contributed by atoms with Gasteiger partial charge in [0.15, 0.2) is 0 Å². The average Bonchev–Trinajstić information content (AvgIpc) is 3.03. The number of hydrogen-bond acceptors (Lipinski definition) is 6. The molecule has 3 aromatic rings. The minimum atomic E-state index is 0.504. The van der Waals surface area contributed by atoms with Crippen LogP contribution in [0.4, 0.5) is 5.82 Å². The van der Waals surface area contributed by atoms with Crippen LogP contribution in [0.15, 0.2) is 58.3 Å². The van der Waals surface area contributed by atoms with E-state index in [9.17, 15) is 0 Å². The molecule has 0 aliphatic rings. The van der Waals surface area contributed by atoms with Gasteiger partial charge in [0.25, 0.3) is 5.22 Å². The first-order chi connectivity index (χ1) is 10.3. The van der Waals surface area contributed by atoms with E-state index in [4.69, 9.17) is 4.42 Å². The van der Waals surface area contributed by atoms with Gasteiger partial charge < -0.3 is 9.73 Å². The monoisotopic (exact) mass is 298 g/mol. The van der Waals surface area contributed by atoms with Crippen LogP contribution in [0, 0.1) is 0 Å². The lowest BCUT2D eigenvalue weighted by atomic mass is 10.2. The Kier molecular flexibility index (Phi) is 4.16. The maximum absolute atomic E-state index is 5.52. The third kappa shape index (κ3) is 3.41. The van der Waals surface area contributed by atoms with Crippen molar-refractivity contribution in [1.82, 2.24) is 15.2 Å². The van der Waals surface area contributed by atoms with Crippen molar-refractivity contribution < 1.29 is 4.42 Å². The smallest absolute Gasteiger partial charge is 0.276 e. The Labute approximate surface area is 126 Å². The highest BCUT2D eigenvalue weighted by molar-refractivity contribution is 7.98. The Morgan fingerprint density at radius 1 is 1.14 bits per heavy atom. The van der Waals surface area contributed by atoms with E-state index < -0.39 is 0 Å². The molecular formula is C15H14N4OS. The fraction of sp³-hybridized carbons (Fsp3) is 0.133. The zero-order valence-electron chi connectivity index (χ0n) is 11.5. The number of pyridine rings is 1. The highest BCUT2D eigenvalue weighted by Gasteiger charge is 2.08. The van der Waals surface area contributed by atoms with E-state index in [-0.39, 0.29) is 0 Å². The van der Waals surface area contributed by atoms with Crippen molar-refractivity contribution in [1.29, 1.82) is 0 Å². The van der Waals surface area contributed by atoms with Gasteiger partial charge in [0.1, 0.15) is 5.82 Å². The SMILES string of the molecule is CSc1nnc(-c2ccnc(NCc3ccccc3)c2)o1. The number of rotatable bonds is 5. The number of aromatic nitrogens is 3. The summed E-state index contributed by atoms with van der Waals surface area (Å²) >= 11 is 1.42. The Morgan fingerprint density at radius 2 is 2.00 bits per heavy atom. The summed E-state index contributed by atoms with van der Waals surface area (Å²) in [5, 5.41) is 11.8. The summed E-state index contributed by atoms with van der Waals surface area (Å²) in [4.78, 5) is 4.30. The van der Waals surface area contributed by atoms with Crippen LogP contribution >= 0.6 is 11.8 Å². The molecule has 0 aliphatic carbocycles. The van der Waals surface area contributed by atoms with Crippen molar-refractivity contribution in [2.24, 2.45) is 0 Å². The summed E-state index contributed by atoms with van der Waals surface area (Å²) < 4.78 is 5.52.